The number of hydrogen-bond acceptors (Lipinski definition) is 10. The molecule has 12 heteroatoms. The first kappa shape index (κ1) is 29.4. The quantitative estimate of drug-likeness (QED) is 0.402. The standard InChI is InChI=1S/C28H48N8O3S/c1-23(2)33-17-14-32(15-18-33)16-19-36-30-28(29-31-36)34-11-8-24(9-12-34)5-4-20-39-27-7-6-26-22-35(40(3,37)38)13-10-25(26)21-27/h6-7,21,23-24,31H,4-5,8-20,22H2,1-3H3,(H,29,30). The van der Waals surface area contributed by atoms with Crippen LogP contribution in [0.5, 0.6) is 5.75 Å². The molecule has 0 radical (unpaired) electrons. The SMILES string of the molecule is CC(C)N1CCN(CCN2NN=C(N3CCC(CCCOc4ccc5c(c4)CCN(S(C)(=O)=O)C5)CC3)N2)CC1. The molecule has 0 amide bonds. The van der Waals surface area contributed by atoms with Crippen molar-refractivity contribution in [1.29, 1.82) is 0 Å². The largest absolute Gasteiger partial charge is 0.494 e. The summed E-state index contributed by atoms with van der Waals surface area (Å²) in [6.45, 7) is 14.8. The highest BCUT2D eigenvalue weighted by molar-refractivity contribution is 7.88. The van der Waals surface area contributed by atoms with Crippen molar-refractivity contribution in [3.63, 3.8) is 0 Å². The first-order valence-corrected chi connectivity index (χ1v) is 16.9. The molecule has 40 heavy (non-hydrogen) atoms. The fourth-order valence-electron chi connectivity index (χ4n) is 6.14. The Morgan fingerprint density at radius 1 is 1.02 bits per heavy atom. The molecular formula is C28H48N8O3S. The van der Waals surface area contributed by atoms with Gasteiger partial charge in [0.05, 0.1) is 19.4 Å². The first-order chi connectivity index (χ1) is 19.2. The van der Waals surface area contributed by atoms with Gasteiger partial charge in [-0.25, -0.2) is 14.0 Å². The molecule has 0 atom stereocenters. The maximum atomic E-state index is 11.8. The molecule has 0 aromatic heterocycles. The summed E-state index contributed by atoms with van der Waals surface area (Å²) in [5.74, 6) is 2.56. The Morgan fingerprint density at radius 3 is 2.52 bits per heavy atom. The minimum atomic E-state index is -3.15. The number of hydrogen-bond donors (Lipinski definition) is 2. The van der Waals surface area contributed by atoms with E-state index in [4.69, 9.17) is 4.74 Å². The number of ether oxygens (including phenoxy) is 1. The average Bonchev–Trinajstić information content (AvgIpc) is 3.43. The molecule has 0 spiro atoms. The topological polar surface area (TPSA) is 96.0 Å². The van der Waals surface area contributed by atoms with Crippen molar-refractivity contribution in [2.75, 3.05) is 71.8 Å². The smallest absolute Gasteiger partial charge is 0.233 e. The van der Waals surface area contributed by atoms with E-state index in [-0.39, 0.29) is 0 Å². The third-order valence-electron chi connectivity index (χ3n) is 8.85. The normalized spacial score (nSPS) is 22.2. The van der Waals surface area contributed by atoms with Crippen LogP contribution >= 0.6 is 0 Å². The second kappa shape index (κ2) is 13.2. The van der Waals surface area contributed by atoms with Crippen LogP contribution in [-0.2, 0) is 23.0 Å². The molecule has 2 saturated heterocycles. The number of likely N-dealkylation sites (tertiary alicyclic amines) is 1. The summed E-state index contributed by atoms with van der Waals surface area (Å²) >= 11 is 0. The van der Waals surface area contributed by atoms with Crippen LogP contribution in [0.4, 0.5) is 0 Å². The zero-order chi connectivity index (χ0) is 28.1. The summed E-state index contributed by atoms with van der Waals surface area (Å²) in [7, 11) is -3.15. The summed E-state index contributed by atoms with van der Waals surface area (Å²) < 4.78 is 31.3. The van der Waals surface area contributed by atoms with Gasteiger partial charge in [-0.15, -0.1) is 10.2 Å². The molecule has 0 bridgehead atoms. The van der Waals surface area contributed by atoms with E-state index >= 15 is 0 Å². The van der Waals surface area contributed by atoms with Crippen molar-refractivity contribution in [1.82, 2.24) is 35.1 Å². The van der Waals surface area contributed by atoms with Gasteiger partial charge in [0, 0.05) is 64.9 Å². The van der Waals surface area contributed by atoms with Gasteiger partial charge < -0.3 is 9.64 Å². The number of piperidine rings is 1. The Bertz CT molecular complexity index is 1110. The number of hydrazine groups is 2. The van der Waals surface area contributed by atoms with E-state index in [0.29, 0.717) is 25.7 Å². The Hall–Kier alpha value is -2.12. The van der Waals surface area contributed by atoms with E-state index in [2.05, 4.69) is 50.7 Å². The number of rotatable bonds is 10. The van der Waals surface area contributed by atoms with Crippen LogP contribution in [0.3, 0.4) is 0 Å². The van der Waals surface area contributed by atoms with E-state index in [1.807, 2.05) is 17.3 Å². The van der Waals surface area contributed by atoms with Crippen molar-refractivity contribution in [2.45, 2.75) is 58.5 Å². The van der Waals surface area contributed by atoms with Gasteiger partial charge in [0.25, 0.3) is 0 Å². The second-order valence-electron chi connectivity index (χ2n) is 12.0. The van der Waals surface area contributed by atoms with Crippen LogP contribution < -0.4 is 15.7 Å². The highest BCUT2D eigenvalue weighted by Crippen LogP contribution is 2.26. The number of hydrazone groups is 1. The Morgan fingerprint density at radius 2 is 1.80 bits per heavy atom. The summed E-state index contributed by atoms with van der Waals surface area (Å²) in [6, 6.07) is 6.72. The van der Waals surface area contributed by atoms with Crippen molar-refractivity contribution < 1.29 is 13.2 Å². The van der Waals surface area contributed by atoms with Crippen molar-refractivity contribution in [2.24, 2.45) is 11.0 Å². The van der Waals surface area contributed by atoms with Gasteiger partial charge in [0.1, 0.15) is 5.75 Å². The van der Waals surface area contributed by atoms with Gasteiger partial charge in [-0.1, -0.05) is 6.07 Å². The molecule has 224 valence electrons. The van der Waals surface area contributed by atoms with Crippen LogP contribution in [0.1, 0.15) is 50.7 Å². The van der Waals surface area contributed by atoms with Gasteiger partial charge in [0.2, 0.25) is 16.0 Å². The lowest BCUT2D eigenvalue weighted by Crippen LogP contribution is -2.53. The monoisotopic (exact) mass is 576 g/mol. The summed E-state index contributed by atoms with van der Waals surface area (Å²) in [5.41, 5.74) is 8.88. The minimum absolute atomic E-state index is 0.458. The molecule has 11 nitrogen and oxygen atoms in total. The molecule has 1 aromatic carbocycles. The fourth-order valence-corrected chi connectivity index (χ4v) is 6.94. The van der Waals surface area contributed by atoms with E-state index in [0.717, 1.165) is 88.4 Å². The number of nitrogens with zero attached hydrogens (tertiary/aromatic N) is 6. The molecule has 4 aliphatic rings. The van der Waals surface area contributed by atoms with Crippen LogP contribution in [-0.4, -0.2) is 116 Å². The number of guanidine groups is 1. The zero-order valence-electron chi connectivity index (χ0n) is 24.5. The van der Waals surface area contributed by atoms with E-state index in [1.165, 1.54) is 31.1 Å². The fraction of sp³-hybridized carbons (Fsp3) is 0.750. The third kappa shape index (κ3) is 7.79. The van der Waals surface area contributed by atoms with Crippen LogP contribution in [0.2, 0.25) is 0 Å². The zero-order valence-corrected chi connectivity index (χ0v) is 25.3. The second-order valence-corrected chi connectivity index (χ2v) is 14.0. The number of fused-ring (bicyclic) bond motifs is 1. The van der Waals surface area contributed by atoms with Crippen molar-refractivity contribution in [3.05, 3.63) is 29.3 Å². The number of sulfonamides is 1. The van der Waals surface area contributed by atoms with Crippen LogP contribution in [0, 0.1) is 5.92 Å². The van der Waals surface area contributed by atoms with Gasteiger partial charge in [-0.2, -0.15) is 4.31 Å². The highest BCUT2D eigenvalue weighted by atomic mass is 32.2. The van der Waals surface area contributed by atoms with Crippen LogP contribution in [0.15, 0.2) is 23.3 Å². The maximum absolute atomic E-state index is 11.8. The lowest BCUT2D eigenvalue weighted by molar-refractivity contribution is 0.0850. The third-order valence-corrected chi connectivity index (χ3v) is 10.1. The van der Waals surface area contributed by atoms with Gasteiger partial charge in [-0.3, -0.25) is 15.2 Å². The van der Waals surface area contributed by atoms with E-state index in [9.17, 15) is 8.42 Å². The lowest BCUT2D eigenvalue weighted by Gasteiger charge is -2.37. The van der Waals surface area contributed by atoms with E-state index < -0.39 is 10.0 Å². The predicted octanol–water partition coefficient (Wildman–Crippen LogP) is 1.50. The van der Waals surface area contributed by atoms with Gasteiger partial charge in [-0.05, 0) is 75.1 Å². The molecule has 2 N–H and O–H groups in total. The Balaban J connectivity index is 0.943. The molecule has 0 unspecified atom stereocenters. The number of piperazine rings is 1. The predicted molar refractivity (Wildman–Crippen MR) is 158 cm³/mol. The highest BCUT2D eigenvalue weighted by Gasteiger charge is 2.27. The Kier molecular flexibility index (Phi) is 9.72. The molecule has 5 rings (SSSR count). The molecule has 1 aromatic rings. The molecule has 0 saturated carbocycles. The van der Waals surface area contributed by atoms with Crippen molar-refractivity contribution >= 4 is 16.0 Å². The molecule has 0 aliphatic carbocycles. The summed E-state index contributed by atoms with van der Waals surface area (Å²) in [4.78, 5) is 7.45. The molecule has 2 fully saturated rings. The lowest BCUT2D eigenvalue weighted by atomic mass is 9.92. The summed E-state index contributed by atoms with van der Waals surface area (Å²) in [6.07, 6.45) is 6.59. The molecule has 4 aliphatic heterocycles. The number of benzene rings is 1. The maximum Gasteiger partial charge on any atom is 0.233 e. The van der Waals surface area contributed by atoms with Crippen LogP contribution in [0.25, 0.3) is 0 Å². The van der Waals surface area contributed by atoms with Gasteiger partial charge >= 0.3 is 0 Å². The molecule has 4 heterocycles. The average molecular weight is 577 g/mol. The van der Waals surface area contributed by atoms with Crippen molar-refractivity contribution in [3.8, 4) is 5.75 Å². The van der Waals surface area contributed by atoms with E-state index in [1.54, 1.807) is 4.31 Å². The first-order valence-electron chi connectivity index (χ1n) is 15.0. The number of nitrogens with one attached hydrogen (secondary N) is 2. The Labute approximate surface area is 240 Å². The summed E-state index contributed by atoms with van der Waals surface area (Å²) in [5, 5.41) is 6.56. The minimum Gasteiger partial charge on any atom is -0.494 e. The molecular weight excluding hydrogens is 528 g/mol. The van der Waals surface area contributed by atoms with Gasteiger partial charge in [0.15, 0.2) is 0 Å².